The Labute approximate surface area is 103 Å². The molecule has 0 aromatic rings. The first-order chi connectivity index (χ1) is 7.45. The van der Waals surface area contributed by atoms with Crippen LogP contribution in [-0.4, -0.2) is 12.6 Å². The van der Waals surface area contributed by atoms with Gasteiger partial charge in [0.25, 0.3) is 0 Å². The molecule has 0 aliphatic carbocycles. The first kappa shape index (κ1) is 16.0. The third kappa shape index (κ3) is 7.27. The van der Waals surface area contributed by atoms with Crippen LogP contribution < -0.4 is 5.32 Å². The van der Waals surface area contributed by atoms with Gasteiger partial charge >= 0.3 is 0 Å². The van der Waals surface area contributed by atoms with Gasteiger partial charge in [-0.25, -0.2) is 0 Å². The average Bonchev–Trinajstić information content (AvgIpc) is 2.22. The fourth-order valence-electron chi connectivity index (χ4n) is 2.73. The molecule has 16 heavy (non-hydrogen) atoms. The quantitative estimate of drug-likeness (QED) is 0.606. The fourth-order valence-corrected chi connectivity index (χ4v) is 2.73. The normalized spacial score (nSPS) is 14.4. The Morgan fingerprint density at radius 2 is 1.56 bits per heavy atom. The van der Waals surface area contributed by atoms with Crippen molar-refractivity contribution < 1.29 is 0 Å². The Bertz CT molecular complexity index is 159. The minimum Gasteiger partial charge on any atom is -0.314 e. The molecule has 1 nitrogen and oxygen atoms in total. The highest BCUT2D eigenvalue weighted by molar-refractivity contribution is 4.77. The van der Waals surface area contributed by atoms with E-state index in [1.165, 1.54) is 32.1 Å². The van der Waals surface area contributed by atoms with Crippen LogP contribution in [0.25, 0.3) is 0 Å². The second-order valence-electron chi connectivity index (χ2n) is 6.11. The van der Waals surface area contributed by atoms with Crippen molar-refractivity contribution in [1.82, 2.24) is 5.32 Å². The zero-order valence-corrected chi connectivity index (χ0v) is 12.4. The molecule has 98 valence electrons. The molecule has 1 unspecified atom stereocenters. The minimum absolute atomic E-state index is 0.483. The van der Waals surface area contributed by atoms with Crippen molar-refractivity contribution in [3.63, 3.8) is 0 Å². The maximum absolute atomic E-state index is 3.60. The summed E-state index contributed by atoms with van der Waals surface area (Å²) in [6.45, 7) is 15.2. The van der Waals surface area contributed by atoms with E-state index in [4.69, 9.17) is 0 Å². The van der Waals surface area contributed by atoms with Crippen LogP contribution in [0, 0.1) is 11.3 Å². The minimum atomic E-state index is 0.483. The van der Waals surface area contributed by atoms with Crippen LogP contribution in [-0.2, 0) is 0 Å². The van der Waals surface area contributed by atoms with Gasteiger partial charge in [-0.3, -0.25) is 0 Å². The highest BCUT2D eigenvalue weighted by atomic mass is 14.9. The second kappa shape index (κ2) is 8.11. The van der Waals surface area contributed by atoms with Gasteiger partial charge in [-0.2, -0.15) is 0 Å². The summed E-state index contributed by atoms with van der Waals surface area (Å²) in [7, 11) is 0. The molecule has 0 spiro atoms. The van der Waals surface area contributed by atoms with E-state index < -0.39 is 0 Å². The first-order valence-corrected chi connectivity index (χ1v) is 7.18. The zero-order chi connectivity index (χ0) is 12.6. The highest BCUT2D eigenvalue weighted by Crippen LogP contribution is 2.33. The van der Waals surface area contributed by atoms with E-state index in [-0.39, 0.29) is 0 Å². The molecular formula is C15H33N. The largest absolute Gasteiger partial charge is 0.314 e. The van der Waals surface area contributed by atoms with Crippen molar-refractivity contribution in [3.8, 4) is 0 Å². The van der Waals surface area contributed by atoms with E-state index in [0.29, 0.717) is 11.5 Å². The van der Waals surface area contributed by atoms with Crippen molar-refractivity contribution in [2.75, 3.05) is 6.54 Å². The summed E-state index contributed by atoms with van der Waals surface area (Å²) in [6, 6.07) is 0.657. The lowest BCUT2D eigenvalue weighted by Gasteiger charge is -2.32. The van der Waals surface area contributed by atoms with Crippen LogP contribution in [0.2, 0.25) is 0 Å². The summed E-state index contributed by atoms with van der Waals surface area (Å²) in [5.74, 6) is 0.911. The lowest BCUT2D eigenvalue weighted by atomic mass is 9.76. The summed E-state index contributed by atoms with van der Waals surface area (Å²) in [4.78, 5) is 0. The van der Waals surface area contributed by atoms with E-state index >= 15 is 0 Å². The Morgan fingerprint density at radius 1 is 1.00 bits per heavy atom. The predicted molar refractivity (Wildman–Crippen MR) is 74.8 cm³/mol. The Morgan fingerprint density at radius 3 is 2.00 bits per heavy atom. The van der Waals surface area contributed by atoms with Crippen molar-refractivity contribution in [2.45, 2.75) is 79.7 Å². The number of hydrogen-bond donors (Lipinski definition) is 1. The van der Waals surface area contributed by atoms with Crippen molar-refractivity contribution in [1.29, 1.82) is 0 Å². The fraction of sp³-hybridized carbons (Fsp3) is 1.00. The lowest BCUT2D eigenvalue weighted by molar-refractivity contribution is 0.216. The predicted octanol–water partition coefficient (Wildman–Crippen LogP) is 4.62. The van der Waals surface area contributed by atoms with Gasteiger partial charge < -0.3 is 5.32 Å². The molecule has 0 fully saturated rings. The van der Waals surface area contributed by atoms with E-state index in [1.807, 2.05) is 0 Å². The second-order valence-corrected chi connectivity index (χ2v) is 6.11. The van der Waals surface area contributed by atoms with E-state index in [2.05, 4.69) is 46.9 Å². The third-order valence-electron chi connectivity index (χ3n) is 3.60. The average molecular weight is 227 g/mol. The standard InChI is InChI=1S/C15H33N/c1-7-10-16-13(4)11-15(5,6)12-14(8-2)9-3/h13-14,16H,7-12H2,1-6H3. The highest BCUT2D eigenvalue weighted by Gasteiger charge is 2.23. The van der Waals surface area contributed by atoms with E-state index in [9.17, 15) is 0 Å². The van der Waals surface area contributed by atoms with Gasteiger partial charge in [-0.15, -0.1) is 0 Å². The molecule has 1 N–H and O–H groups in total. The third-order valence-corrected chi connectivity index (χ3v) is 3.60. The molecule has 0 aliphatic heterocycles. The van der Waals surface area contributed by atoms with Crippen molar-refractivity contribution >= 4 is 0 Å². The van der Waals surface area contributed by atoms with Gasteiger partial charge in [0.15, 0.2) is 0 Å². The van der Waals surface area contributed by atoms with Crippen LogP contribution in [0.1, 0.15) is 73.6 Å². The molecule has 1 heteroatoms. The molecule has 0 aromatic heterocycles. The number of hydrogen-bond acceptors (Lipinski definition) is 1. The lowest BCUT2D eigenvalue weighted by Crippen LogP contribution is -2.32. The van der Waals surface area contributed by atoms with Gasteiger partial charge in [0.2, 0.25) is 0 Å². The van der Waals surface area contributed by atoms with Gasteiger partial charge in [0.05, 0.1) is 0 Å². The van der Waals surface area contributed by atoms with Crippen molar-refractivity contribution in [3.05, 3.63) is 0 Å². The molecule has 0 bridgehead atoms. The van der Waals surface area contributed by atoms with Crippen LogP contribution in [0.4, 0.5) is 0 Å². The molecule has 0 aliphatic rings. The van der Waals surface area contributed by atoms with E-state index in [1.54, 1.807) is 0 Å². The number of rotatable bonds is 9. The summed E-state index contributed by atoms with van der Waals surface area (Å²) in [6.07, 6.45) is 6.56. The van der Waals surface area contributed by atoms with Gasteiger partial charge in [-0.1, -0.05) is 47.5 Å². The van der Waals surface area contributed by atoms with Crippen LogP contribution >= 0.6 is 0 Å². The molecule has 0 amide bonds. The van der Waals surface area contributed by atoms with Gasteiger partial charge in [0.1, 0.15) is 0 Å². The molecule has 0 aromatic carbocycles. The maximum atomic E-state index is 3.60. The van der Waals surface area contributed by atoms with Crippen LogP contribution in [0.5, 0.6) is 0 Å². The number of nitrogens with one attached hydrogen (secondary N) is 1. The zero-order valence-electron chi connectivity index (χ0n) is 12.4. The van der Waals surface area contributed by atoms with Gasteiger partial charge in [0, 0.05) is 6.04 Å². The van der Waals surface area contributed by atoms with Crippen LogP contribution in [0.3, 0.4) is 0 Å². The maximum Gasteiger partial charge on any atom is 0.00438 e. The smallest absolute Gasteiger partial charge is 0.00438 e. The van der Waals surface area contributed by atoms with Crippen LogP contribution in [0.15, 0.2) is 0 Å². The molecule has 0 saturated carbocycles. The molecule has 0 rings (SSSR count). The SMILES string of the molecule is CCCNC(C)CC(C)(C)CC(CC)CC. The summed E-state index contributed by atoms with van der Waals surface area (Å²) < 4.78 is 0. The molecule has 0 heterocycles. The summed E-state index contributed by atoms with van der Waals surface area (Å²) in [5.41, 5.74) is 0.483. The monoisotopic (exact) mass is 227 g/mol. The molecule has 1 atom stereocenters. The Balaban J connectivity index is 4.01. The molecular weight excluding hydrogens is 194 g/mol. The summed E-state index contributed by atoms with van der Waals surface area (Å²) >= 11 is 0. The van der Waals surface area contributed by atoms with Gasteiger partial charge in [-0.05, 0) is 44.1 Å². The van der Waals surface area contributed by atoms with E-state index in [0.717, 1.165) is 12.5 Å². The Hall–Kier alpha value is -0.0400. The topological polar surface area (TPSA) is 12.0 Å². The van der Waals surface area contributed by atoms with Crippen molar-refractivity contribution in [2.24, 2.45) is 11.3 Å². The molecule has 0 saturated heterocycles. The Kier molecular flexibility index (Phi) is 8.09. The first-order valence-electron chi connectivity index (χ1n) is 7.18. The summed E-state index contributed by atoms with van der Waals surface area (Å²) in [5, 5.41) is 3.60. The molecule has 0 radical (unpaired) electrons.